The average Bonchev–Trinajstić information content (AvgIpc) is 2.97. The van der Waals surface area contributed by atoms with Crippen LogP contribution in [0.4, 0.5) is 0 Å². The Balaban J connectivity index is 1.44. The van der Waals surface area contributed by atoms with Crippen LogP contribution in [0, 0.1) is 0 Å². The van der Waals surface area contributed by atoms with E-state index in [-0.39, 0.29) is 6.61 Å². The number of benzene rings is 2. The summed E-state index contributed by atoms with van der Waals surface area (Å²) < 4.78 is 0. The van der Waals surface area contributed by atoms with Gasteiger partial charge in [-0.3, -0.25) is 0 Å². The summed E-state index contributed by atoms with van der Waals surface area (Å²) in [6.07, 6.45) is -0.482. The molecule has 0 aromatic heterocycles. The molecule has 25 heavy (non-hydrogen) atoms. The number of nitrogens with two attached hydrogens (primary N) is 1. The fraction of sp³-hybridized carbons (Fsp3) is 0.350. The first kappa shape index (κ1) is 16.3. The van der Waals surface area contributed by atoms with E-state index in [9.17, 15) is 5.11 Å². The molecule has 0 saturated carbocycles. The Kier molecular flexibility index (Phi) is 4.78. The second-order valence-electron chi connectivity index (χ2n) is 6.80. The SMILES string of the molecule is O[C@H](CON=C1c2ccccc2-c2ccccc21)C[NH+]1CC[NH2+]CC1. The lowest BCUT2D eigenvalue weighted by Crippen LogP contribution is -3.21. The Morgan fingerprint density at radius 2 is 1.52 bits per heavy atom. The molecule has 1 heterocycles. The zero-order valence-electron chi connectivity index (χ0n) is 14.3. The largest absolute Gasteiger partial charge is 0.392 e. The highest BCUT2D eigenvalue weighted by Gasteiger charge is 2.25. The average molecular weight is 339 g/mol. The molecule has 5 heteroatoms. The summed E-state index contributed by atoms with van der Waals surface area (Å²) in [5.74, 6) is 0. The van der Waals surface area contributed by atoms with Crippen LogP contribution in [0.2, 0.25) is 0 Å². The van der Waals surface area contributed by atoms with E-state index < -0.39 is 6.10 Å². The first-order valence-corrected chi connectivity index (χ1v) is 9.05. The normalized spacial score (nSPS) is 17.7. The fourth-order valence-electron chi connectivity index (χ4n) is 3.76. The van der Waals surface area contributed by atoms with Crippen molar-refractivity contribution in [2.75, 3.05) is 39.3 Å². The maximum Gasteiger partial charge on any atom is 0.148 e. The molecule has 1 aliphatic carbocycles. The third kappa shape index (κ3) is 3.44. The molecular weight excluding hydrogens is 314 g/mol. The fourth-order valence-corrected chi connectivity index (χ4v) is 3.76. The van der Waals surface area contributed by atoms with Gasteiger partial charge in [0.25, 0.3) is 0 Å². The molecule has 0 radical (unpaired) electrons. The summed E-state index contributed by atoms with van der Waals surface area (Å²) in [5.41, 5.74) is 5.43. The summed E-state index contributed by atoms with van der Waals surface area (Å²) in [5, 5.41) is 16.9. The van der Waals surface area contributed by atoms with Crippen molar-refractivity contribution in [1.29, 1.82) is 0 Å². The molecule has 0 unspecified atom stereocenters. The second-order valence-corrected chi connectivity index (χ2v) is 6.80. The monoisotopic (exact) mass is 339 g/mol. The van der Waals surface area contributed by atoms with Gasteiger partial charge in [0.15, 0.2) is 0 Å². The van der Waals surface area contributed by atoms with Crippen LogP contribution in [0.1, 0.15) is 11.1 Å². The molecule has 2 aromatic carbocycles. The van der Waals surface area contributed by atoms with Crippen molar-refractivity contribution < 1.29 is 20.2 Å². The van der Waals surface area contributed by atoms with Gasteiger partial charge in [0.05, 0.1) is 0 Å². The van der Waals surface area contributed by atoms with Gasteiger partial charge < -0.3 is 20.2 Å². The minimum Gasteiger partial charge on any atom is -0.392 e. The van der Waals surface area contributed by atoms with Crippen LogP contribution in [-0.4, -0.2) is 56.3 Å². The first-order chi connectivity index (χ1) is 12.3. The molecule has 1 fully saturated rings. The van der Waals surface area contributed by atoms with Crippen molar-refractivity contribution in [1.82, 2.24) is 0 Å². The number of aliphatic hydroxyl groups excluding tert-OH is 1. The maximum atomic E-state index is 10.2. The molecule has 2 aromatic rings. The van der Waals surface area contributed by atoms with E-state index in [1.54, 1.807) is 0 Å². The Hall–Kier alpha value is -2.21. The van der Waals surface area contributed by atoms with Crippen LogP contribution in [0.3, 0.4) is 0 Å². The molecule has 5 nitrogen and oxygen atoms in total. The number of fused-ring (bicyclic) bond motifs is 3. The number of hydrogen-bond donors (Lipinski definition) is 3. The standard InChI is InChI=1S/C20H23N3O2/c24-15(13-23-11-9-21-10-12-23)14-25-22-20-18-7-3-1-5-16(18)17-6-2-4-8-19(17)20/h1-8,15,21,24H,9-14H2/p+2/t15-/m0/s1. The maximum absolute atomic E-state index is 10.2. The minimum absolute atomic E-state index is 0.237. The molecule has 0 amide bonds. The number of nitrogens with one attached hydrogen (secondary N) is 1. The highest BCUT2D eigenvalue weighted by atomic mass is 16.6. The van der Waals surface area contributed by atoms with Crippen molar-refractivity contribution in [3.63, 3.8) is 0 Å². The lowest BCUT2D eigenvalue weighted by molar-refractivity contribution is -0.949. The number of quaternary nitrogens is 2. The van der Waals surface area contributed by atoms with Crippen molar-refractivity contribution in [2.24, 2.45) is 5.16 Å². The van der Waals surface area contributed by atoms with E-state index in [1.807, 2.05) is 24.3 Å². The van der Waals surface area contributed by atoms with Crippen molar-refractivity contribution in [2.45, 2.75) is 6.10 Å². The Morgan fingerprint density at radius 1 is 0.960 bits per heavy atom. The molecule has 4 rings (SSSR count). The Morgan fingerprint density at radius 3 is 2.12 bits per heavy atom. The molecule has 1 atom stereocenters. The Bertz CT molecular complexity index is 722. The van der Waals surface area contributed by atoms with Gasteiger partial charge in [0, 0.05) is 11.1 Å². The van der Waals surface area contributed by atoms with Crippen LogP contribution in [-0.2, 0) is 4.84 Å². The summed E-state index contributed by atoms with van der Waals surface area (Å²) in [7, 11) is 0. The third-order valence-corrected chi connectivity index (χ3v) is 5.01. The summed E-state index contributed by atoms with van der Waals surface area (Å²) >= 11 is 0. The third-order valence-electron chi connectivity index (χ3n) is 5.01. The van der Waals surface area contributed by atoms with Crippen LogP contribution in [0.15, 0.2) is 53.7 Å². The number of rotatable bonds is 5. The number of piperazine rings is 1. The molecule has 1 saturated heterocycles. The lowest BCUT2D eigenvalue weighted by Gasteiger charge is -2.23. The molecule has 4 N–H and O–H groups in total. The number of hydrogen-bond acceptors (Lipinski definition) is 3. The van der Waals surface area contributed by atoms with E-state index >= 15 is 0 Å². The predicted molar refractivity (Wildman–Crippen MR) is 96.7 cm³/mol. The van der Waals surface area contributed by atoms with E-state index in [0.717, 1.165) is 49.6 Å². The minimum atomic E-state index is -0.482. The lowest BCUT2D eigenvalue weighted by atomic mass is 10.1. The first-order valence-electron chi connectivity index (χ1n) is 9.05. The van der Waals surface area contributed by atoms with Crippen molar-refractivity contribution >= 4 is 5.71 Å². The summed E-state index contributed by atoms with van der Waals surface area (Å²) in [6.45, 7) is 5.45. The van der Waals surface area contributed by atoms with Gasteiger partial charge in [0.2, 0.25) is 0 Å². The van der Waals surface area contributed by atoms with Gasteiger partial charge in [-0.05, 0) is 11.1 Å². The molecule has 0 bridgehead atoms. The number of oxime groups is 1. The van der Waals surface area contributed by atoms with E-state index in [0.29, 0.717) is 0 Å². The van der Waals surface area contributed by atoms with Crippen molar-refractivity contribution in [3.05, 3.63) is 59.7 Å². The highest BCUT2D eigenvalue weighted by Crippen LogP contribution is 2.36. The van der Waals surface area contributed by atoms with Gasteiger partial charge in [-0.25, -0.2) is 0 Å². The second kappa shape index (κ2) is 7.35. The van der Waals surface area contributed by atoms with Crippen LogP contribution in [0.25, 0.3) is 11.1 Å². The number of nitrogens with zero attached hydrogens (tertiary/aromatic N) is 1. The smallest absolute Gasteiger partial charge is 0.148 e. The Labute approximate surface area is 147 Å². The zero-order chi connectivity index (χ0) is 17.1. The zero-order valence-corrected chi connectivity index (χ0v) is 14.3. The quantitative estimate of drug-likeness (QED) is 0.536. The highest BCUT2D eigenvalue weighted by molar-refractivity contribution is 6.24. The van der Waals surface area contributed by atoms with Gasteiger partial charge in [-0.2, -0.15) is 0 Å². The van der Waals surface area contributed by atoms with Crippen LogP contribution < -0.4 is 10.2 Å². The number of aliphatic hydroxyl groups is 1. The summed E-state index contributed by atoms with van der Waals surface area (Å²) in [6, 6.07) is 16.5. The molecule has 0 spiro atoms. The molecule has 130 valence electrons. The molecule has 2 aliphatic rings. The molecule has 1 aliphatic heterocycles. The van der Waals surface area contributed by atoms with Gasteiger partial charge in [0.1, 0.15) is 51.1 Å². The van der Waals surface area contributed by atoms with Gasteiger partial charge >= 0.3 is 0 Å². The van der Waals surface area contributed by atoms with E-state index in [2.05, 4.69) is 34.7 Å². The molecular formula is C20H25N3O2+2. The van der Waals surface area contributed by atoms with Crippen LogP contribution in [0.5, 0.6) is 0 Å². The summed E-state index contributed by atoms with van der Waals surface area (Å²) in [4.78, 5) is 7.00. The van der Waals surface area contributed by atoms with E-state index in [1.165, 1.54) is 16.0 Å². The predicted octanol–water partition coefficient (Wildman–Crippen LogP) is -0.741. The van der Waals surface area contributed by atoms with E-state index in [4.69, 9.17) is 4.84 Å². The topological polar surface area (TPSA) is 62.9 Å². The van der Waals surface area contributed by atoms with Gasteiger partial charge in [-0.15, -0.1) is 0 Å². The van der Waals surface area contributed by atoms with Gasteiger partial charge in [-0.1, -0.05) is 53.7 Å². The van der Waals surface area contributed by atoms with Crippen molar-refractivity contribution in [3.8, 4) is 11.1 Å². The van der Waals surface area contributed by atoms with Crippen LogP contribution >= 0.6 is 0 Å².